The second kappa shape index (κ2) is 10.8. The summed E-state index contributed by atoms with van der Waals surface area (Å²) >= 11 is 1.58. The Labute approximate surface area is 199 Å². The van der Waals surface area contributed by atoms with E-state index in [1.54, 1.807) is 48.5 Å². The van der Waals surface area contributed by atoms with E-state index in [4.69, 9.17) is 9.73 Å². The third kappa shape index (κ3) is 5.80. The van der Waals surface area contributed by atoms with Crippen LogP contribution in [0.1, 0.15) is 6.42 Å². The fraction of sp³-hybridized carbons (Fsp3) is 0.375. The van der Waals surface area contributed by atoms with Crippen LogP contribution in [-0.2, 0) is 21.3 Å². The van der Waals surface area contributed by atoms with Crippen molar-refractivity contribution in [3.8, 4) is 11.3 Å². The lowest BCUT2D eigenvalue weighted by Gasteiger charge is -2.23. The predicted octanol–water partition coefficient (Wildman–Crippen LogP) is 2.00. The van der Waals surface area contributed by atoms with E-state index in [1.807, 2.05) is 36.4 Å². The summed E-state index contributed by atoms with van der Waals surface area (Å²) in [6.45, 7) is 5.65. The van der Waals surface area contributed by atoms with Crippen LogP contribution in [0.15, 0.2) is 69.9 Å². The third-order valence-corrected chi connectivity index (χ3v) is 8.47. The average Bonchev–Trinajstić information content (AvgIpc) is 3.22. The highest BCUT2D eigenvalue weighted by atomic mass is 32.2. The van der Waals surface area contributed by atoms with Crippen LogP contribution in [0.2, 0.25) is 0 Å². The Morgan fingerprint density at radius 1 is 1.09 bits per heavy atom. The van der Waals surface area contributed by atoms with Crippen LogP contribution in [0, 0.1) is 0 Å². The van der Waals surface area contributed by atoms with Crippen molar-refractivity contribution >= 4 is 27.0 Å². The number of hydrogen-bond donors (Lipinski definition) is 1. The summed E-state index contributed by atoms with van der Waals surface area (Å²) < 4.78 is 34.3. The number of ether oxygens (including phenoxy) is 1. The molecule has 2 aromatic carbocycles. The molecule has 1 saturated heterocycles. The summed E-state index contributed by atoms with van der Waals surface area (Å²) in [6.07, 6.45) is 1.01. The monoisotopic (exact) mass is 487 g/mol. The summed E-state index contributed by atoms with van der Waals surface area (Å²) in [5.41, 5.74) is 2.77. The van der Waals surface area contributed by atoms with Crippen molar-refractivity contribution in [2.75, 3.05) is 46.9 Å². The van der Waals surface area contributed by atoms with Crippen molar-refractivity contribution in [2.24, 2.45) is 4.99 Å². The van der Waals surface area contributed by atoms with Gasteiger partial charge >= 0.3 is 0 Å². The molecular weight excluding hydrogens is 456 g/mol. The largest absolute Gasteiger partial charge is 0.370 e. The molecule has 1 N–H and O–H groups in total. The van der Waals surface area contributed by atoms with Gasteiger partial charge in [0.15, 0.2) is 4.80 Å². The first kappa shape index (κ1) is 23.8. The predicted molar refractivity (Wildman–Crippen MR) is 131 cm³/mol. The molecule has 176 valence electrons. The minimum Gasteiger partial charge on any atom is -0.370 e. The van der Waals surface area contributed by atoms with Gasteiger partial charge < -0.3 is 14.2 Å². The topological polar surface area (TPSA) is 68.3 Å². The van der Waals surface area contributed by atoms with Crippen molar-refractivity contribution in [2.45, 2.75) is 17.9 Å². The van der Waals surface area contributed by atoms with E-state index in [0.29, 0.717) is 4.90 Å². The number of benzene rings is 2. The maximum absolute atomic E-state index is 12.7. The molecule has 1 fully saturated rings. The van der Waals surface area contributed by atoms with E-state index in [-0.39, 0.29) is 0 Å². The van der Waals surface area contributed by atoms with Gasteiger partial charge in [0.1, 0.15) is 13.1 Å². The highest BCUT2D eigenvalue weighted by Crippen LogP contribution is 2.25. The van der Waals surface area contributed by atoms with Crippen LogP contribution in [0.25, 0.3) is 11.3 Å². The summed E-state index contributed by atoms with van der Waals surface area (Å²) in [7, 11) is -0.398. The van der Waals surface area contributed by atoms with Gasteiger partial charge in [0.25, 0.3) is 0 Å². The molecule has 0 radical (unpaired) electrons. The van der Waals surface area contributed by atoms with Crippen molar-refractivity contribution in [3.63, 3.8) is 0 Å². The van der Waals surface area contributed by atoms with Crippen LogP contribution >= 0.6 is 11.3 Å². The number of morpholine rings is 1. The SMILES string of the molecule is CN(C)S(=O)(=O)c1cccc(-c2csc(=Nc3ccccc3)n2CCC[NH+]2CCOCC2)c1. The molecule has 4 rings (SSSR count). The van der Waals surface area contributed by atoms with Gasteiger partial charge in [-0.1, -0.05) is 30.3 Å². The highest BCUT2D eigenvalue weighted by Gasteiger charge is 2.19. The number of aromatic nitrogens is 1. The number of quaternary nitrogens is 1. The number of nitrogens with one attached hydrogen (secondary N) is 1. The number of sulfonamides is 1. The van der Waals surface area contributed by atoms with Crippen LogP contribution in [-0.4, -0.2) is 64.2 Å². The molecule has 33 heavy (non-hydrogen) atoms. The molecule has 1 aromatic heterocycles. The molecule has 0 spiro atoms. The molecule has 0 amide bonds. The number of rotatable bonds is 8. The minimum absolute atomic E-state index is 0.294. The molecule has 1 aliphatic heterocycles. The lowest BCUT2D eigenvalue weighted by molar-refractivity contribution is -0.908. The second-order valence-electron chi connectivity index (χ2n) is 8.28. The Morgan fingerprint density at radius 2 is 1.85 bits per heavy atom. The van der Waals surface area contributed by atoms with Crippen molar-refractivity contribution in [1.29, 1.82) is 0 Å². The van der Waals surface area contributed by atoms with E-state index in [2.05, 4.69) is 9.95 Å². The fourth-order valence-electron chi connectivity index (χ4n) is 3.90. The minimum atomic E-state index is -3.50. The molecule has 0 saturated carbocycles. The van der Waals surface area contributed by atoms with E-state index in [0.717, 1.165) is 67.6 Å². The van der Waals surface area contributed by atoms with Gasteiger partial charge in [0, 0.05) is 38.0 Å². The Kier molecular flexibility index (Phi) is 7.77. The normalized spacial score (nSPS) is 15.9. The number of para-hydroxylation sites is 1. The fourth-order valence-corrected chi connectivity index (χ4v) is 5.81. The average molecular weight is 488 g/mol. The smallest absolute Gasteiger partial charge is 0.242 e. The lowest BCUT2D eigenvalue weighted by atomic mass is 10.1. The van der Waals surface area contributed by atoms with Crippen LogP contribution in [0.5, 0.6) is 0 Å². The molecule has 0 unspecified atom stereocenters. The van der Waals surface area contributed by atoms with Gasteiger partial charge in [-0.3, -0.25) is 0 Å². The summed E-state index contributed by atoms with van der Waals surface area (Å²) in [4.78, 5) is 7.65. The van der Waals surface area contributed by atoms with Crippen molar-refractivity contribution in [3.05, 3.63) is 64.8 Å². The highest BCUT2D eigenvalue weighted by molar-refractivity contribution is 7.89. The van der Waals surface area contributed by atoms with Crippen LogP contribution in [0.3, 0.4) is 0 Å². The van der Waals surface area contributed by atoms with Gasteiger partial charge in [-0.2, -0.15) is 0 Å². The Hall–Kier alpha value is -2.30. The zero-order valence-corrected chi connectivity index (χ0v) is 20.7. The summed E-state index contributed by atoms with van der Waals surface area (Å²) in [5.74, 6) is 0. The van der Waals surface area contributed by atoms with Gasteiger partial charge in [0.2, 0.25) is 10.0 Å². The zero-order valence-electron chi connectivity index (χ0n) is 19.1. The Balaban J connectivity index is 1.68. The van der Waals surface area contributed by atoms with E-state index in [9.17, 15) is 8.42 Å². The standard InChI is InChI=1S/C24H30N4O3S2/c1-26(2)33(29,30)22-11-6-8-20(18-22)23-19-32-24(25-21-9-4-3-5-10-21)28(23)13-7-12-27-14-16-31-17-15-27/h3-6,8-11,18-19H,7,12-17H2,1-2H3/p+1. The Morgan fingerprint density at radius 3 is 2.58 bits per heavy atom. The maximum atomic E-state index is 12.7. The number of hydrogen-bond acceptors (Lipinski definition) is 5. The summed E-state index contributed by atoms with van der Waals surface area (Å²) in [6, 6.07) is 17.1. The van der Waals surface area contributed by atoms with E-state index >= 15 is 0 Å². The first-order valence-electron chi connectivity index (χ1n) is 11.2. The van der Waals surface area contributed by atoms with Gasteiger partial charge in [-0.05, 0) is 24.3 Å². The van der Waals surface area contributed by atoms with Crippen LogP contribution < -0.4 is 9.70 Å². The first-order chi connectivity index (χ1) is 15.9. The quantitative estimate of drug-likeness (QED) is 0.529. The molecule has 3 aromatic rings. The number of nitrogens with zero attached hydrogens (tertiary/aromatic N) is 3. The molecule has 1 aliphatic rings. The molecule has 2 heterocycles. The molecular formula is C24H31N4O3S2+. The maximum Gasteiger partial charge on any atom is 0.242 e. The Bertz CT molecular complexity index is 1230. The van der Waals surface area contributed by atoms with Crippen molar-refractivity contribution in [1.82, 2.24) is 8.87 Å². The second-order valence-corrected chi connectivity index (χ2v) is 11.3. The number of thiazole rings is 1. The molecule has 9 heteroatoms. The molecule has 0 atom stereocenters. The molecule has 7 nitrogen and oxygen atoms in total. The van der Waals surface area contributed by atoms with Crippen molar-refractivity contribution < 1.29 is 18.1 Å². The van der Waals surface area contributed by atoms with Gasteiger partial charge in [-0.15, -0.1) is 11.3 Å². The third-order valence-electron chi connectivity index (χ3n) is 5.80. The van der Waals surface area contributed by atoms with Crippen LogP contribution in [0.4, 0.5) is 5.69 Å². The van der Waals surface area contributed by atoms with E-state index < -0.39 is 10.0 Å². The summed E-state index contributed by atoms with van der Waals surface area (Å²) in [5, 5.41) is 2.07. The van der Waals surface area contributed by atoms with Gasteiger partial charge in [0.05, 0.1) is 36.0 Å². The zero-order chi connectivity index (χ0) is 23.3. The van der Waals surface area contributed by atoms with E-state index in [1.165, 1.54) is 4.31 Å². The molecule has 0 aliphatic carbocycles. The lowest BCUT2D eigenvalue weighted by Crippen LogP contribution is -3.14. The molecule has 0 bridgehead atoms. The van der Waals surface area contributed by atoms with Gasteiger partial charge in [-0.25, -0.2) is 17.7 Å². The first-order valence-corrected chi connectivity index (χ1v) is 13.5.